The molecule has 1 atom stereocenters. The Labute approximate surface area is 139 Å². The summed E-state index contributed by atoms with van der Waals surface area (Å²) in [5.41, 5.74) is 2.23. The van der Waals surface area contributed by atoms with E-state index in [4.69, 9.17) is 0 Å². The van der Waals surface area contributed by atoms with E-state index in [0.29, 0.717) is 6.04 Å². The van der Waals surface area contributed by atoms with Gasteiger partial charge in [-0.25, -0.2) is 4.98 Å². The predicted octanol–water partition coefficient (Wildman–Crippen LogP) is 3.05. The average molecular weight is 372 g/mol. The van der Waals surface area contributed by atoms with Crippen molar-refractivity contribution < 1.29 is 0 Å². The average Bonchev–Trinajstić information content (AvgIpc) is 2.87. The normalized spacial score (nSPS) is 19.2. The van der Waals surface area contributed by atoms with Crippen molar-refractivity contribution in [3.05, 3.63) is 40.8 Å². The van der Waals surface area contributed by atoms with Crippen LogP contribution in [0.25, 0.3) is 11.3 Å². The molecule has 21 heavy (non-hydrogen) atoms. The first-order chi connectivity index (χ1) is 9.70. The molecule has 1 aromatic heterocycles. The summed E-state index contributed by atoms with van der Waals surface area (Å²) in [6.07, 6.45) is 1.92. The van der Waals surface area contributed by atoms with E-state index in [2.05, 4.69) is 55.2 Å². The molecule has 4 nitrogen and oxygen atoms in total. The molecule has 0 saturated carbocycles. The Kier molecular flexibility index (Phi) is 5.81. The summed E-state index contributed by atoms with van der Waals surface area (Å²) in [6, 6.07) is 8.82. The number of benzene rings is 1. The van der Waals surface area contributed by atoms with Crippen molar-refractivity contribution in [1.29, 1.82) is 0 Å². The lowest BCUT2D eigenvalue weighted by Crippen LogP contribution is -2.48. The Balaban J connectivity index is 0.00000161. The first-order valence-electron chi connectivity index (χ1n) is 6.96. The Morgan fingerprint density at radius 3 is 3.05 bits per heavy atom. The van der Waals surface area contributed by atoms with Crippen molar-refractivity contribution in [3.8, 4) is 11.3 Å². The third-order valence-corrected chi connectivity index (χ3v) is 4.08. The molecule has 3 rings (SSSR count). The highest BCUT2D eigenvalue weighted by atomic mass is 79.9. The van der Waals surface area contributed by atoms with Gasteiger partial charge in [-0.2, -0.15) is 0 Å². The molecule has 0 aliphatic carbocycles. The molecular weight excluding hydrogens is 352 g/mol. The van der Waals surface area contributed by atoms with Crippen molar-refractivity contribution in [1.82, 2.24) is 20.2 Å². The van der Waals surface area contributed by atoms with E-state index < -0.39 is 0 Å². The number of aromatic nitrogens is 2. The van der Waals surface area contributed by atoms with E-state index in [9.17, 15) is 0 Å². The van der Waals surface area contributed by atoms with E-state index >= 15 is 0 Å². The minimum Gasteiger partial charge on any atom is -0.341 e. The monoisotopic (exact) mass is 370 g/mol. The SMILES string of the molecule is CC1CN(Cc2ncc(-c3cccc(Br)c3)[nH]2)CCN1.Cl. The van der Waals surface area contributed by atoms with Crippen LogP contribution < -0.4 is 5.32 Å². The number of imidazole rings is 1. The molecule has 1 fully saturated rings. The fraction of sp³-hybridized carbons (Fsp3) is 0.400. The number of aromatic amines is 1. The largest absolute Gasteiger partial charge is 0.341 e. The number of nitrogens with zero attached hydrogens (tertiary/aromatic N) is 2. The van der Waals surface area contributed by atoms with Crippen molar-refractivity contribution in [3.63, 3.8) is 0 Å². The maximum atomic E-state index is 4.51. The fourth-order valence-corrected chi connectivity index (χ4v) is 3.01. The van der Waals surface area contributed by atoms with Crippen LogP contribution in [0.3, 0.4) is 0 Å². The lowest BCUT2D eigenvalue weighted by molar-refractivity contribution is 0.196. The zero-order valence-electron chi connectivity index (χ0n) is 12.0. The standard InChI is InChI=1S/C15H19BrN4.ClH/c1-11-9-20(6-5-17-11)10-15-18-8-14(19-15)12-3-2-4-13(16)7-12;/h2-4,7-8,11,17H,5-6,9-10H2,1H3,(H,18,19);1H. The Bertz CT molecular complexity index is 587. The topological polar surface area (TPSA) is 44.0 Å². The van der Waals surface area contributed by atoms with Crippen LogP contribution in [0, 0.1) is 0 Å². The van der Waals surface area contributed by atoms with E-state index in [-0.39, 0.29) is 12.4 Å². The van der Waals surface area contributed by atoms with Crippen molar-refractivity contribution in [2.45, 2.75) is 19.5 Å². The number of nitrogens with one attached hydrogen (secondary N) is 2. The molecule has 1 aromatic carbocycles. The maximum Gasteiger partial charge on any atom is 0.120 e. The van der Waals surface area contributed by atoms with Gasteiger partial charge in [0.05, 0.1) is 18.4 Å². The van der Waals surface area contributed by atoms with Crippen molar-refractivity contribution in [2.24, 2.45) is 0 Å². The van der Waals surface area contributed by atoms with Gasteiger partial charge in [0.1, 0.15) is 5.82 Å². The summed E-state index contributed by atoms with van der Waals surface area (Å²) in [6.45, 7) is 6.33. The Morgan fingerprint density at radius 1 is 1.43 bits per heavy atom. The lowest BCUT2D eigenvalue weighted by Gasteiger charge is -2.31. The van der Waals surface area contributed by atoms with Crippen molar-refractivity contribution in [2.75, 3.05) is 19.6 Å². The van der Waals surface area contributed by atoms with Gasteiger partial charge in [0.25, 0.3) is 0 Å². The molecule has 0 radical (unpaired) electrons. The van der Waals surface area contributed by atoms with Gasteiger partial charge in [0.15, 0.2) is 0 Å². The lowest BCUT2D eigenvalue weighted by atomic mass is 10.2. The fourth-order valence-electron chi connectivity index (χ4n) is 2.61. The van der Waals surface area contributed by atoms with Gasteiger partial charge in [0.2, 0.25) is 0 Å². The summed E-state index contributed by atoms with van der Waals surface area (Å²) in [7, 11) is 0. The van der Waals surface area contributed by atoms with Gasteiger partial charge in [-0.3, -0.25) is 4.90 Å². The number of rotatable bonds is 3. The van der Waals surface area contributed by atoms with E-state index in [0.717, 1.165) is 47.7 Å². The molecule has 1 saturated heterocycles. The zero-order valence-corrected chi connectivity index (χ0v) is 14.4. The molecule has 2 heterocycles. The van der Waals surface area contributed by atoms with Crippen molar-refractivity contribution >= 4 is 28.3 Å². The van der Waals surface area contributed by atoms with Crippen LogP contribution >= 0.6 is 28.3 Å². The molecule has 114 valence electrons. The van der Waals surface area contributed by atoms with Gasteiger partial charge >= 0.3 is 0 Å². The molecule has 2 aromatic rings. The van der Waals surface area contributed by atoms with Gasteiger partial charge in [0, 0.05) is 35.7 Å². The van der Waals surface area contributed by atoms with E-state index in [1.165, 1.54) is 0 Å². The van der Waals surface area contributed by atoms with Crippen LogP contribution in [0.5, 0.6) is 0 Å². The summed E-state index contributed by atoms with van der Waals surface area (Å²) in [5.74, 6) is 1.04. The summed E-state index contributed by atoms with van der Waals surface area (Å²) in [5, 5.41) is 3.46. The molecular formula is C15H20BrClN4. The summed E-state index contributed by atoms with van der Waals surface area (Å²) >= 11 is 3.50. The first-order valence-corrected chi connectivity index (χ1v) is 7.75. The highest BCUT2D eigenvalue weighted by Crippen LogP contribution is 2.21. The minimum atomic E-state index is 0. The van der Waals surface area contributed by atoms with Crippen LogP contribution in [-0.2, 0) is 6.54 Å². The minimum absolute atomic E-state index is 0. The van der Waals surface area contributed by atoms with Crippen LogP contribution in [0.15, 0.2) is 34.9 Å². The van der Waals surface area contributed by atoms with Crippen LogP contribution in [0.4, 0.5) is 0 Å². The van der Waals surface area contributed by atoms with Gasteiger partial charge in [-0.05, 0) is 19.1 Å². The second-order valence-electron chi connectivity index (χ2n) is 5.34. The first kappa shape index (κ1) is 16.5. The summed E-state index contributed by atoms with van der Waals surface area (Å²) in [4.78, 5) is 10.4. The maximum absolute atomic E-state index is 4.51. The molecule has 1 aliphatic rings. The molecule has 0 amide bonds. The highest BCUT2D eigenvalue weighted by molar-refractivity contribution is 9.10. The Morgan fingerprint density at radius 2 is 2.29 bits per heavy atom. The van der Waals surface area contributed by atoms with E-state index in [1.54, 1.807) is 0 Å². The predicted molar refractivity (Wildman–Crippen MR) is 91.7 cm³/mol. The molecule has 0 spiro atoms. The van der Waals surface area contributed by atoms with Crippen LogP contribution in [-0.4, -0.2) is 40.5 Å². The molecule has 0 bridgehead atoms. The van der Waals surface area contributed by atoms with Gasteiger partial charge < -0.3 is 10.3 Å². The summed E-state index contributed by atoms with van der Waals surface area (Å²) < 4.78 is 1.09. The molecule has 1 unspecified atom stereocenters. The quantitative estimate of drug-likeness (QED) is 0.871. The smallest absolute Gasteiger partial charge is 0.120 e. The third kappa shape index (κ3) is 4.30. The molecule has 1 aliphatic heterocycles. The van der Waals surface area contributed by atoms with Gasteiger partial charge in [-0.1, -0.05) is 28.1 Å². The number of hydrogen-bond donors (Lipinski definition) is 2. The second kappa shape index (κ2) is 7.40. The van der Waals surface area contributed by atoms with Crippen LogP contribution in [0.1, 0.15) is 12.7 Å². The molecule has 2 N–H and O–H groups in total. The zero-order chi connectivity index (χ0) is 13.9. The highest BCUT2D eigenvalue weighted by Gasteiger charge is 2.16. The number of halogens is 2. The number of H-pyrrole nitrogens is 1. The van der Waals surface area contributed by atoms with Crippen LogP contribution in [0.2, 0.25) is 0 Å². The second-order valence-corrected chi connectivity index (χ2v) is 6.26. The number of hydrogen-bond acceptors (Lipinski definition) is 3. The Hall–Kier alpha value is -0.880. The number of piperazine rings is 1. The van der Waals surface area contributed by atoms with E-state index in [1.807, 2.05) is 18.3 Å². The third-order valence-electron chi connectivity index (χ3n) is 3.59. The molecule has 6 heteroatoms. The van der Waals surface area contributed by atoms with Gasteiger partial charge in [-0.15, -0.1) is 12.4 Å².